The molecule has 158 valence electrons. The van der Waals surface area contributed by atoms with Crippen molar-refractivity contribution in [2.45, 2.75) is 26.2 Å². The van der Waals surface area contributed by atoms with Gasteiger partial charge in [-0.25, -0.2) is 4.68 Å². The summed E-state index contributed by atoms with van der Waals surface area (Å²) in [7, 11) is 5.16. The summed E-state index contributed by atoms with van der Waals surface area (Å²) in [5.74, 6) is 1.21. The maximum atomic E-state index is 12.7. The Morgan fingerprint density at radius 2 is 2.00 bits per heavy atom. The van der Waals surface area contributed by atoms with E-state index in [1.807, 2.05) is 20.0 Å². The van der Waals surface area contributed by atoms with Crippen molar-refractivity contribution in [2.75, 3.05) is 18.6 Å². The number of hydrogen-bond acceptors (Lipinski definition) is 6. The van der Waals surface area contributed by atoms with Crippen LogP contribution in [-0.2, 0) is 14.1 Å². The molecular formula is C21H25ClN6O2. The van der Waals surface area contributed by atoms with Gasteiger partial charge in [0, 0.05) is 50.9 Å². The van der Waals surface area contributed by atoms with E-state index in [2.05, 4.69) is 27.3 Å². The molecule has 0 spiro atoms. The van der Waals surface area contributed by atoms with Gasteiger partial charge in [-0.2, -0.15) is 5.10 Å². The summed E-state index contributed by atoms with van der Waals surface area (Å²) >= 11 is 6.38. The summed E-state index contributed by atoms with van der Waals surface area (Å²) in [5, 5.41) is 9.04. The minimum atomic E-state index is -0.239. The first kappa shape index (κ1) is 20.4. The Bertz CT molecular complexity index is 1140. The molecule has 0 aromatic carbocycles. The Kier molecular flexibility index (Phi) is 5.27. The number of rotatable bonds is 6. The minimum Gasteiger partial charge on any atom is -0.476 e. The number of aromatic nitrogens is 5. The van der Waals surface area contributed by atoms with Crippen molar-refractivity contribution >= 4 is 23.0 Å². The molecule has 3 heterocycles. The molecule has 0 amide bonds. The molecule has 0 unspecified atom stereocenters. The molecule has 0 bridgehead atoms. The van der Waals surface area contributed by atoms with Crippen LogP contribution in [-0.4, -0.2) is 38.2 Å². The average molecular weight is 429 g/mol. The molecule has 1 aliphatic rings. The van der Waals surface area contributed by atoms with Crippen molar-refractivity contribution in [3.63, 3.8) is 0 Å². The quantitative estimate of drug-likeness (QED) is 0.600. The zero-order valence-corrected chi connectivity index (χ0v) is 18.5. The third kappa shape index (κ3) is 3.79. The molecule has 3 aromatic heterocycles. The standard InChI is InChI=1S/C21H25ClN6O2/c1-12-6-7-16(23-10-12)15-8-14(15)11-30-18-9-17(21(29)28(5)25-18)26(3)19-13(2)24-27(4)20(19)22/h6-7,9-10,14-15H,8,11H2,1-5H3/t14-,15+/m1/s1. The molecule has 30 heavy (non-hydrogen) atoms. The minimum absolute atomic E-state index is 0.239. The lowest BCUT2D eigenvalue weighted by molar-refractivity contribution is 0.278. The van der Waals surface area contributed by atoms with E-state index in [1.54, 1.807) is 36.8 Å². The highest BCUT2D eigenvalue weighted by Crippen LogP contribution is 2.46. The second-order valence-electron chi connectivity index (χ2n) is 7.88. The largest absolute Gasteiger partial charge is 0.476 e. The molecule has 8 nitrogen and oxygen atoms in total. The second kappa shape index (κ2) is 7.75. The summed E-state index contributed by atoms with van der Waals surface area (Å²) in [6.45, 7) is 4.42. The van der Waals surface area contributed by atoms with E-state index in [1.165, 1.54) is 4.68 Å². The van der Waals surface area contributed by atoms with E-state index >= 15 is 0 Å². The van der Waals surface area contributed by atoms with E-state index in [-0.39, 0.29) is 5.56 Å². The number of nitrogens with zero attached hydrogens (tertiary/aromatic N) is 6. The molecule has 3 aromatic rings. The molecular weight excluding hydrogens is 404 g/mol. The van der Waals surface area contributed by atoms with Crippen LogP contribution in [0.2, 0.25) is 5.15 Å². The lowest BCUT2D eigenvalue weighted by Gasteiger charge is -2.19. The van der Waals surface area contributed by atoms with Crippen molar-refractivity contribution in [3.8, 4) is 5.88 Å². The van der Waals surface area contributed by atoms with E-state index < -0.39 is 0 Å². The fourth-order valence-corrected chi connectivity index (χ4v) is 3.98. The summed E-state index contributed by atoms with van der Waals surface area (Å²) in [5.41, 5.74) is 3.86. The molecule has 4 rings (SSSR count). The number of anilines is 2. The van der Waals surface area contributed by atoms with Crippen molar-refractivity contribution in [1.82, 2.24) is 24.5 Å². The lowest BCUT2D eigenvalue weighted by Crippen LogP contribution is -2.27. The Morgan fingerprint density at radius 3 is 2.63 bits per heavy atom. The van der Waals surface area contributed by atoms with Gasteiger partial charge >= 0.3 is 0 Å². The van der Waals surface area contributed by atoms with Crippen molar-refractivity contribution in [2.24, 2.45) is 20.0 Å². The van der Waals surface area contributed by atoms with Gasteiger partial charge in [-0.1, -0.05) is 17.7 Å². The molecule has 1 fully saturated rings. The topological polar surface area (TPSA) is 78.1 Å². The van der Waals surface area contributed by atoms with Crippen LogP contribution in [0.15, 0.2) is 29.2 Å². The van der Waals surface area contributed by atoms with Gasteiger partial charge in [0.15, 0.2) is 5.15 Å². The summed E-state index contributed by atoms with van der Waals surface area (Å²) in [6.07, 6.45) is 2.94. The third-order valence-corrected chi connectivity index (χ3v) is 5.95. The first-order chi connectivity index (χ1) is 14.3. The zero-order chi connectivity index (χ0) is 21.6. The number of halogens is 1. The van der Waals surface area contributed by atoms with E-state index in [4.69, 9.17) is 16.3 Å². The van der Waals surface area contributed by atoms with Crippen molar-refractivity contribution in [3.05, 3.63) is 56.9 Å². The predicted octanol–water partition coefficient (Wildman–Crippen LogP) is 3.13. The van der Waals surface area contributed by atoms with Crippen LogP contribution >= 0.6 is 11.6 Å². The van der Waals surface area contributed by atoms with Gasteiger partial charge in [0.05, 0.1) is 12.3 Å². The summed E-state index contributed by atoms with van der Waals surface area (Å²) < 4.78 is 8.82. The molecule has 1 aliphatic carbocycles. The van der Waals surface area contributed by atoms with Gasteiger partial charge in [0.2, 0.25) is 5.88 Å². The fraction of sp³-hybridized carbons (Fsp3) is 0.429. The van der Waals surface area contributed by atoms with Crippen molar-refractivity contribution in [1.29, 1.82) is 0 Å². The number of ether oxygens (including phenoxy) is 1. The van der Waals surface area contributed by atoms with Crippen LogP contribution in [0, 0.1) is 19.8 Å². The smallest absolute Gasteiger partial charge is 0.290 e. The molecule has 9 heteroatoms. The zero-order valence-electron chi connectivity index (χ0n) is 17.8. The molecule has 0 aliphatic heterocycles. The molecule has 2 atom stereocenters. The second-order valence-corrected chi connectivity index (χ2v) is 8.24. The summed E-state index contributed by atoms with van der Waals surface area (Å²) in [4.78, 5) is 19.0. The normalized spacial score (nSPS) is 17.8. The Balaban J connectivity index is 1.51. The maximum absolute atomic E-state index is 12.7. The number of hydrogen-bond donors (Lipinski definition) is 0. The van der Waals surface area contributed by atoms with Gasteiger partial charge in [-0.15, -0.1) is 5.10 Å². The Morgan fingerprint density at radius 1 is 1.23 bits per heavy atom. The summed E-state index contributed by atoms with van der Waals surface area (Å²) in [6, 6.07) is 5.82. The van der Waals surface area contributed by atoms with Crippen LogP contribution in [0.4, 0.5) is 11.4 Å². The highest BCUT2D eigenvalue weighted by Gasteiger charge is 2.40. The third-order valence-electron chi connectivity index (χ3n) is 5.52. The van der Waals surface area contributed by atoms with E-state index in [9.17, 15) is 4.79 Å². The van der Waals surface area contributed by atoms with E-state index in [0.717, 1.165) is 23.4 Å². The molecule has 0 radical (unpaired) electrons. The maximum Gasteiger partial charge on any atom is 0.290 e. The van der Waals surface area contributed by atoms with Crippen LogP contribution in [0.1, 0.15) is 29.3 Å². The average Bonchev–Trinajstić information content (AvgIpc) is 3.43. The first-order valence-electron chi connectivity index (χ1n) is 9.82. The van der Waals surface area contributed by atoms with Gasteiger partial charge in [0.1, 0.15) is 11.4 Å². The lowest BCUT2D eigenvalue weighted by atomic mass is 10.2. The molecule has 1 saturated carbocycles. The monoisotopic (exact) mass is 428 g/mol. The van der Waals surface area contributed by atoms with Crippen LogP contribution in [0.5, 0.6) is 5.88 Å². The van der Waals surface area contributed by atoms with Crippen LogP contribution in [0.3, 0.4) is 0 Å². The highest BCUT2D eigenvalue weighted by atomic mass is 35.5. The highest BCUT2D eigenvalue weighted by molar-refractivity contribution is 6.32. The van der Waals surface area contributed by atoms with Crippen LogP contribution in [0.25, 0.3) is 0 Å². The van der Waals surface area contributed by atoms with E-state index in [0.29, 0.717) is 40.9 Å². The predicted molar refractivity (Wildman–Crippen MR) is 116 cm³/mol. The van der Waals surface area contributed by atoms with Gasteiger partial charge < -0.3 is 9.64 Å². The van der Waals surface area contributed by atoms with Gasteiger partial charge in [0.25, 0.3) is 5.56 Å². The SMILES string of the molecule is Cc1ccc([C@H]2C[C@@H]2COc2cc(N(C)c3c(C)nn(C)c3Cl)c(=O)n(C)n2)nc1. The van der Waals surface area contributed by atoms with Gasteiger partial charge in [-0.3, -0.25) is 14.5 Å². The Labute approximate surface area is 180 Å². The first-order valence-corrected chi connectivity index (χ1v) is 10.2. The van der Waals surface area contributed by atoms with Crippen LogP contribution < -0.4 is 15.2 Å². The van der Waals surface area contributed by atoms with Crippen molar-refractivity contribution < 1.29 is 4.74 Å². The Hall–Kier alpha value is -2.87. The fourth-order valence-electron chi connectivity index (χ4n) is 3.68. The molecule has 0 saturated heterocycles. The number of aryl methyl sites for hydroxylation is 4. The number of pyridine rings is 1. The van der Waals surface area contributed by atoms with Gasteiger partial charge in [-0.05, 0) is 31.9 Å². The molecule has 0 N–H and O–H groups in total.